The van der Waals surface area contributed by atoms with Crippen molar-refractivity contribution in [1.29, 1.82) is 0 Å². The molecule has 11 heteroatoms. The lowest BCUT2D eigenvalue weighted by molar-refractivity contribution is -0.105. The SMILES string of the molecule is O=CC1=C(c2cc(Cl)ccc2-n2cnnn2)C=CN([C@@H](Cc2ccc(F)cc2)c2ncc(-c3ccc(F)cc3)[nH]2)C1. The van der Waals surface area contributed by atoms with E-state index in [0.717, 1.165) is 23.1 Å². The highest BCUT2D eigenvalue weighted by molar-refractivity contribution is 6.30. The number of aromatic amines is 1. The minimum absolute atomic E-state index is 0.273. The van der Waals surface area contributed by atoms with Crippen LogP contribution >= 0.6 is 11.6 Å². The summed E-state index contributed by atoms with van der Waals surface area (Å²) in [6, 6.07) is 17.4. The first-order valence-electron chi connectivity index (χ1n) is 12.7. The first-order valence-corrected chi connectivity index (χ1v) is 13.1. The van der Waals surface area contributed by atoms with Gasteiger partial charge in [0.25, 0.3) is 0 Å². The van der Waals surface area contributed by atoms with Gasteiger partial charge in [-0.25, -0.2) is 13.8 Å². The number of hydrogen-bond acceptors (Lipinski definition) is 6. The Morgan fingerprint density at radius 1 is 1.02 bits per heavy atom. The lowest BCUT2D eigenvalue weighted by Crippen LogP contribution is -2.31. The lowest BCUT2D eigenvalue weighted by atomic mass is 9.94. The first kappa shape index (κ1) is 26.3. The van der Waals surface area contributed by atoms with Crippen molar-refractivity contribution in [3.63, 3.8) is 0 Å². The number of aldehydes is 1. The molecule has 3 heterocycles. The molecule has 0 saturated carbocycles. The Hall–Kier alpha value is -4.96. The largest absolute Gasteiger partial charge is 0.363 e. The number of carbonyl (C=O) groups excluding carboxylic acids is 1. The average molecular weight is 570 g/mol. The molecule has 41 heavy (non-hydrogen) atoms. The molecule has 0 unspecified atom stereocenters. The summed E-state index contributed by atoms with van der Waals surface area (Å²) in [5.74, 6) is -0.00678. The van der Waals surface area contributed by atoms with Crippen LogP contribution < -0.4 is 0 Å². The van der Waals surface area contributed by atoms with Gasteiger partial charge in [0.2, 0.25) is 0 Å². The molecule has 0 spiro atoms. The van der Waals surface area contributed by atoms with E-state index in [-0.39, 0.29) is 24.2 Å². The van der Waals surface area contributed by atoms with Gasteiger partial charge in [-0.05, 0) is 94.2 Å². The summed E-state index contributed by atoms with van der Waals surface area (Å²) < 4.78 is 28.6. The molecular weight excluding hydrogens is 548 g/mol. The monoisotopic (exact) mass is 569 g/mol. The average Bonchev–Trinajstić information content (AvgIpc) is 3.70. The molecule has 0 fully saturated rings. The van der Waals surface area contributed by atoms with E-state index in [0.29, 0.717) is 39.7 Å². The van der Waals surface area contributed by atoms with E-state index in [1.165, 1.54) is 35.3 Å². The van der Waals surface area contributed by atoms with Gasteiger partial charge in [-0.2, -0.15) is 4.68 Å². The number of tetrazole rings is 1. The fourth-order valence-electron chi connectivity index (χ4n) is 4.88. The summed E-state index contributed by atoms with van der Waals surface area (Å²) in [6.45, 7) is 0.273. The normalized spacial score (nSPS) is 14.0. The summed E-state index contributed by atoms with van der Waals surface area (Å²) >= 11 is 6.34. The van der Waals surface area contributed by atoms with Crippen LogP contribution in [0.5, 0.6) is 0 Å². The smallest absolute Gasteiger partial charge is 0.148 e. The van der Waals surface area contributed by atoms with Crippen molar-refractivity contribution in [2.75, 3.05) is 6.54 Å². The van der Waals surface area contributed by atoms with Crippen molar-refractivity contribution < 1.29 is 13.6 Å². The molecule has 3 aromatic carbocycles. The molecule has 1 N–H and O–H groups in total. The van der Waals surface area contributed by atoms with Gasteiger partial charge in [0.1, 0.15) is 30.1 Å². The number of carbonyl (C=O) groups is 1. The molecule has 0 saturated heterocycles. The van der Waals surface area contributed by atoms with Crippen molar-refractivity contribution in [2.24, 2.45) is 0 Å². The number of hydrogen-bond donors (Lipinski definition) is 1. The molecule has 0 aliphatic carbocycles. The topological polar surface area (TPSA) is 92.6 Å². The maximum atomic E-state index is 13.7. The fourth-order valence-corrected chi connectivity index (χ4v) is 5.05. The molecule has 0 bridgehead atoms. The second-order valence-electron chi connectivity index (χ2n) is 9.50. The van der Waals surface area contributed by atoms with E-state index in [4.69, 9.17) is 11.6 Å². The molecule has 0 radical (unpaired) electrons. The summed E-state index contributed by atoms with van der Waals surface area (Å²) in [5, 5.41) is 11.9. The number of allylic oxidation sites excluding steroid dienone is 2. The first-order chi connectivity index (χ1) is 20.0. The Bertz CT molecular complexity index is 1750. The van der Waals surface area contributed by atoms with Crippen molar-refractivity contribution in [3.05, 3.63) is 131 Å². The highest BCUT2D eigenvalue weighted by atomic mass is 35.5. The van der Waals surface area contributed by atoms with E-state index in [9.17, 15) is 13.6 Å². The van der Waals surface area contributed by atoms with Gasteiger partial charge in [0.05, 0.1) is 23.6 Å². The lowest BCUT2D eigenvalue weighted by Gasteiger charge is -2.33. The van der Waals surface area contributed by atoms with E-state index >= 15 is 0 Å². The highest BCUT2D eigenvalue weighted by Gasteiger charge is 2.27. The zero-order valence-corrected chi connectivity index (χ0v) is 22.2. The Balaban J connectivity index is 1.37. The maximum absolute atomic E-state index is 13.7. The molecule has 6 rings (SSSR count). The molecule has 204 valence electrons. The molecule has 8 nitrogen and oxygen atoms in total. The number of nitrogens with zero attached hydrogens (tertiary/aromatic N) is 6. The van der Waals surface area contributed by atoms with Crippen molar-refractivity contribution in [3.8, 4) is 16.9 Å². The fraction of sp³-hybridized carbons (Fsp3) is 0.100. The summed E-state index contributed by atoms with van der Waals surface area (Å²) in [5.41, 5.74) is 4.99. The van der Waals surface area contributed by atoms with Gasteiger partial charge in [-0.1, -0.05) is 23.7 Å². The van der Waals surface area contributed by atoms with Crippen LogP contribution in [0.3, 0.4) is 0 Å². The number of benzene rings is 3. The minimum Gasteiger partial charge on any atom is -0.363 e. The quantitative estimate of drug-likeness (QED) is 0.239. The van der Waals surface area contributed by atoms with E-state index in [2.05, 4.69) is 25.5 Å². The van der Waals surface area contributed by atoms with Crippen LogP contribution in [-0.4, -0.2) is 47.9 Å². The molecule has 1 aliphatic heterocycles. The van der Waals surface area contributed by atoms with Gasteiger partial charge in [-0.15, -0.1) is 5.10 Å². The van der Waals surface area contributed by atoms with E-state index < -0.39 is 0 Å². The van der Waals surface area contributed by atoms with Crippen LogP contribution in [0.25, 0.3) is 22.5 Å². The van der Waals surface area contributed by atoms with Crippen LogP contribution in [0.4, 0.5) is 8.78 Å². The Labute approximate surface area is 238 Å². The summed E-state index contributed by atoms with van der Waals surface area (Å²) in [7, 11) is 0. The number of rotatable bonds is 8. The molecule has 2 aromatic heterocycles. The molecule has 1 aliphatic rings. The van der Waals surface area contributed by atoms with Crippen LogP contribution in [0.15, 0.2) is 97.1 Å². The zero-order valence-electron chi connectivity index (χ0n) is 21.5. The highest BCUT2D eigenvalue weighted by Crippen LogP contribution is 2.34. The van der Waals surface area contributed by atoms with Gasteiger partial charge in [0.15, 0.2) is 0 Å². The second kappa shape index (κ2) is 11.3. The van der Waals surface area contributed by atoms with E-state index in [1.54, 1.807) is 48.7 Å². The Morgan fingerprint density at radius 2 is 1.78 bits per heavy atom. The number of H-pyrrole nitrogens is 1. The zero-order chi connectivity index (χ0) is 28.3. The van der Waals surface area contributed by atoms with Crippen LogP contribution in [0.2, 0.25) is 5.02 Å². The molecule has 1 atom stereocenters. The molecular formula is C30H22ClF2N7O. The minimum atomic E-state index is -0.333. The predicted molar refractivity (Wildman–Crippen MR) is 150 cm³/mol. The Kier molecular flexibility index (Phi) is 7.22. The number of aromatic nitrogens is 6. The van der Waals surface area contributed by atoms with Gasteiger partial charge < -0.3 is 9.88 Å². The Morgan fingerprint density at radius 3 is 2.49 bits per heavy atom. The number of nitrogens with one attached hydrogen (secondary N) is 1. The van der Waals surface area contributed by atoms with Gasteiger partial charge in [0, 0.05) is 28.9 Å². The van der Waals surface area contributed by atoms with Crippen LogP contribution in [0.1, 0.15) is 23.0 Å². The third kappa shape index (κ3) is 5.55. The summed E-state index contributed by atoms with van der Waals surface area (Å²) in [6.07, 6.45) is 8.24. The van der Waals surface area contributed by atoms with Crippen LogP contribution in [0, 0.1) is 11.6 Å². The van der Waals surface area contributed by atoms with Crippen molar-refractivity contribution >= 4 is 23.5 Å². The van der Waals surface area contributed by atoms with Crippen molar-refractivity contribution in [1.82, 2.24) is 35.1 Å². The third-order valence-electron chi connectivity index (χ3n) is 6.93. The van der Waals surface area contributed by atoms with E-state index in [1.807, 2.05) is 17.2 Å². The molecule has 5 aromatic rings. The molecule has 0 amide bonds. The summed E-state index contributed by atoms with van der Waals surface area (Å²) in [4.78, 5) is 22.5. The van der Waals surface area contributed by atoms with Crippen LogP contribution in [-0.2, 0) is 11.2 Å². The maximum Gasteiger partial charge on any atom is 0.148 e. The van der Waals surface area contributed by atoms with Gasteiger partial charge in [-0.3, -0.25) is 4.79 Å². The predicted octanol–water partition coefficient (Wildman–Crippen LogP) is 5.75. The van der Waals surface area contributed by atoms with Crippen molar-refractivity contribution in [2.45, 2.75) is 12.5 Å². The third-order valence-corrected chi connectivity index (χ3v) is 7.16. The number of imidazole rings is 1. The second-order valence-corrected chi connectivity index (χ2v) is 9.93. The standard InChI is InChI=1S/C30H22ClF2N7O/c31-22-5-10-28(40-18-35-37-38-40)26(14-22)25-11-12-39(16-21(25)17-41)29(13-19-1-6-23(32)7-2-19)30-34-15-27(36-30)20-3-8-24(33)9-4-20/h1-12,14-15,17-18,29H,13,16H2,(H,34,36)/t29-/m0/s1. The number of halogens is 3. The van der Waals surface area contributed by atoms with Gasteiger partial charge >= 0.3 is 0 Å².